The zero-order valence-electron chi connectivity index (χ0n) is 17.1. The van der Waals surface area contributed by atoms with Gasteiger partial charge in [0.1, 0.15) is 6.04 Å². The van der Waals surface area contributed by atoms with Crippen molar-refractivity contribution in [3.63, 3.8) is 0 Å². The van der Waals surface area contributed by atoms with Crippen LogP contribution in [0.5, 0.6) is 0 Å². The van der Waals surface area contributed by atoms with Crippen LogP contribution in [0.25, 0.3) is 10.9 Å². The van der Waals surface area contributed by atoms with Gasteiger partial charge in [-0.2, -0.15) is 0 Å². The van der Waals surface area contributed by atoms with Crippen molar-refractivity contribution in [3.05, 3.63) is 106 Å². The zero-order chi connectivity index (χ0) is 21.8. The summed E-state index contributed by atoms with van der Waals surface area (Å²) in [5.74, 6) is -0.278. The Labute approximate surface area is 190 Å². The van der Waals surface area contributed by atoms with Gasteiger partial charge in [-0.1, -0.05) is 66.2 Å². The van der Waals surface area contributed by atoms with Crippen LogP contribution in [-0.2, 0) is 17.8 Å². The molecule has 2 amide bonds. The summed E-state index contributed by atoms with van der Waals surface area (Å²) in [6, 6.07) is 22.3. The number of carbonyl (C=O) groups excluding carboxylic acids is 2. The molecule has 4 aromatic rings. The summed E-state index contributed by atoms with van der Waals surface area (Å²) in [5, 5.41) is 4.72. The van der Waals surface area contributed by atoms with Crippen molar-refractivity contribution in [3.8, 4) is 0 Å². The van der Waals surface area contributed by atoms with Crippen molar-refractivity contribution in [2.75, 3.05) is 0 Å². The van der Waals surface area contributed by atoms with Crippen molar-refractivity contribution in [2.24, 2.45) is 0 Å². The number of hydrogen-bond donors (Lipinski definition) is 2. The number of nitrogens with one attached hydrogen (secondary N) is 2. The van der Waals surface area contributed by atoms with Gasteiger partial charge in [0.05, 0.1) is 6.04 Å². The van der Waals surface area contributed by atoms with Gasteiger partial charge in [0, 0.05) is 40.1 Å². The molecule has 0 saturated carbocycles. The Bertz CT molecular complexity index is 1390. The molecule has 6 heteroatoms. The van der Waals surface area contributed by atoms with Crippen LogP contribution in [0.2, 0.25) is 5.02 Å². The van der Waals surface area contributed by atoms with Gasteiger partial charge in [0.25, 0.3) is 5.91 Å². The van der Waals surface area contributed by atoms with E-state index in [1.54, 1.807) is 11.0 Å². The molecule has 5 nitrogen and oxygen atoms in total. The van der Waals surface area contributed by atoms with E-state index in [4.69, 9.17) is 11.6 Å². The minimum Gasteiger partial charge on any atom is -0.356 e. The van der Waals surface area contributed by atoms with Crippen molar-refractivity contribution < 1.29 is 9.59 Å². The van der Waals surface area contributed by atoms with Crippen LogP contribution in [0.4, 0.5) is 0 Å². The first-order valence-corrected chi connectivity index (χ1v) is 11.0. The van der Waals surface area contributed by atoms with Crippen LogP contribution in [0.3, 0.4) is 0 Å². The number of amides is 2. The van der Waals surface area contributed by atoms with Crippen LogP contribution in [-0.4, -0.2) is 27.7 Å². The average Bonchev–Trinajstić information content (AvgIpc) is 3.34. The number of aromatic amines is 1. The molecule has 0 aliphatic carbocycles. The number of aromatic nitrogens is 1. The first kappa shape index (κ1) is 19.1. The van der Waals surface area contributed by atoms with E-state index in [1.807, 2.05) is 60.7 Å². The molecular weight excluding hydrogens is 422 g/mol. The number of para-hydroxylation sites is 1. The van der Waals surface area contributed by atoms with Gasteiger partial charge >= 0.3 is 0 Å². The summed E-state index contributed by atoms with van der Waals surface area (Å²) in [4.78, 5) is 32.1. The molecule has 6 rings (SSSR count). The van der Waals surface area contributed by atoms with Crippen LogP contribution < -0.4 is 5.32 Å². The highest BCUT2D eigenvalue weighted by Gasteiger charge is 2.48. The standard InChI is InChI=1S/C26H20ClN3O2/c27-20-11-5-1-7-15(20)14-28-25(31)22-13-19-16-8-4-6-12-21(16)29-23(19)24-17-9-2-3-10-18(17)26(32)30(22)24/h1-12,22,24,29H,13-14H2,(H,28,31)/t22-,24?/m0/s1. The van der Waals surface area contributed by atoms with Crippen molar-refractivity contribution >= 4 is 34.3 Å². The first-order valence-electron chi connectivity index (χ1n) is 10.7. The fraction of sp³-hybridized carbons (Fsp3) is 0.154. The van der Waals surface area contributed by atoms with Crippen molar-refractivity contribution in [1.29, 1.82) is 0 Å². The third-order valence-electron chi connectivity index (χ3n) is 6.57. The minimum absolute atomic E-state index is 0.104. The largest absolute Gasteiger partial charge is 0.356 e. The van der Waals surface area contributed by atoms with E-state index in [-0.39, 0.29) is 17.9 Å². The van der Waals surface area contributed by atoms with Crippen LogP contribution >= 0.6 is 11.6 Å². The molecule has 2 aliphatic rings. The molecule has 3 aromatic carbocycles. The lowest BCUT2D eigenvalue weighted by Gasteiger charge is -2.37. The maximum atomic E-state index is 13.4. The summed E-state index contributed by atoms with van der Waals surface area (Å²) in [6.45, 7) is 0.315. The van der Waals surface area contributed by atoms with E-state index >= 15 is 0 Å². The second-order valence-electron chi connectivity index (χ2n) is 8.29. The van der Waals surface area contributed by atoms with E-state index in [0.717, 1.165) is 33.3 Å². The van der Waals surface area contributed by atoms with Crippen LogP contribution in [0.1, 0.15) is 38.8 Å². The van der Waals surface area contributed by atoms with Gasteiger partial charge in [-0.25, -0.2) is 0 Å². The van der Waals surface area contributed by atoms with E-state index in [1.165, 1.54) is 0 Å². The zero-order valence-corrected chi connectivity index (χ0v) is 17.9. The monoisotopic (exact) mass is 441 g/mol. The maximum Gasteiger partial charge on any atom is 0.255 e. The molecule has 158 valence electrons. The third-order valence-corrected chi connectivity index (χ3v) is 6.93. The van der Waals surface area contributed by atoms with Gasteiger partial charge in [-0.05, 0) is 34.9 Å². The smallest absolute Gasteiger partial charge is 0.255 e. The van der Waals surface area contributed by atoms with E-state index in [2.05, 4.69) is 16.4 Å². The van der Waals surface area contributed by atoms with Crippen molar-refractivity contribution in [2.45, 2.75) is 25.0 Å². The molecule has 2 atom stereocenters. The summed E-state index contributed by atoms with van der Waals surface area (Å²) >= 11 is 6.26. The van der Waals surface area contributed by atoms with Crippen LogP contribution in [0, 0.1) is 0 Å². The van der Waals surface area contributed by atoms with Crippen LogP contribution in [0.15, 0.2) is 72.8 Å². The molecule has 0 spiro atoms. The summed E-state index contributed by atoms with van der Waals surface area (Å²) in [7, 11) is 0. The fourth-order valence-electron chi connectivity index (χ4n) is 5.08. The van der Waals surface area contributed by atoms with Gasteiger partial charge in [-0.3, -0.25) is 9.59 Å². The number of rotatable bonds is 3. The Morgan fingerprint density at radius 1 is 1.03 bits per heavy atom. The number of carbonyl (C=O) groups is 2. The Kier molecular flexibility index (Phi) is 4.33. The number of hydrogen-bond acceptors (Lipinski definition) is 2. The van der Waals surface area contributed by atoms with Gasteiger partial charge in [0.15, 0.2) is 0 Å². The summed E-state index contributed by atoms with van der Waals surface area (Å²) in [6.07, 6.45) is 0.462. The Hall–Kier alpha value is -3.57. The number of fused-ring (bicyclic) bond motifs is 7. The lowest BCUT2D eigenvalue weighted by Crippen LogP contribution is -2.52. The van der Waals surface area contributed by atoms with Gasteiger partial charge < -0.3 is 15.2 Å². The molecule has 0 saturated heterocycles. The highest BCUT2D eigenvalue weighted by Crippen LogP contribution is 2.46. The molecule has 0 bridgehead atoms. The minimum atomic E-state index is -0.603. The number of H-pyrrole nitrogens is 1. The molecule has 1 unspecified atom stereocenters. The van der Waals surface area contributed by atoms with E-state index in [9.17, 15) is 9.59 Å². The summed E-state index contributed by atoms with van der Waals surface area (Å²) in [5.41, 5.74) is 5.57. The Morgan fingerprint density at radius 3 is 2.66 bits per heavy atom. The molecule has 2 N–H and O–H groups in total. The normalized spacial score (nSPS) is 18.9. The molecule has 0 radical (unpaired) electrons. The second-order valence-corrected chi connectivity index (χ2v) is 8.70. The quantitative estimate of drug-likeness (QED) is 0.487. The number of halogens is 1. The van der Waals surface area contributed by atoms with Crippen molar-refractivity contribution in [1.82, 2.24) is 15.2 Å². The van der Waals surface area contributed by atoms with E-state index in [0.29, 0.717) is 23.6 Å². The molecule has 32 heavy (non-hydrogen) atoms. The molecule has 1 aromatic heterocycles. The maximum absolute atomic E-state index is 13.4. The lowest BCUT2D eigenvalue weighted by molar-refractivity contribution is -0.126. The topological polar surface area (TPSA) is 65.2 Å². The third kappa shape index (κ3) is 2.78. The first-order chi connectivity index (χ1) is 15.6. The molecule has 2 aliphatic heterocycles. The van der Waals surface area contributed by atoms with E-state index < -0.39 is 6.04 Å². The fourth-order valence-corrected chi connectivity index (χ4v) is 5.28. The molecular formula is C26H20ClN3O2. The lowest BCUT2D eigenvalue weighted by atomic mass is 9.90. The number of nitrogens with zero attached hydrogens (tertiary/aromatic N) is 1. The Morgan fingerprint density at radius 2 is 1.78 bits per heavy atom. The summed E-state index contributed by atoms with van der Waals surface area (Å²) < 4.78 is 0. The molecule has 3 heterocycles. The molecule has 0 fully saturated rings. The average molecular weight is 442 g/mol. The highest BCUT2D eigenvalue weighted by molar-refractivity contribution is 6.31. The van der Waals surface area contributed by atoms with Gasteiger partial charge in [-0.15, -0.1) is 0 Å². The van der Waals surface area contributed by atoms with Gasteiger partial charge in [0.2, 0.25) is 5.91 Å². The Balaban J connectivity index is 1.42. The predicted molar refractivity (Wildman–Crippen MR) is 124 cm³/mol. The second kappa shape index (κ2) is 7.24. The number of benzene rings is 3. The predicted octanol–water partition coefficient (Wildman–Crippen LogP) is 4.61. The SMILES string of the molecule is O=C(NCc1ccccc1Cl)[C@@H]1Cc2c([nH]c3ccccc23)C2c3ccccc3C(=O)N21. The highest BCUT2D eigenvalue weighted by atomic mass is 35.5.